The molecule has 1 aliphatic carbocycles. The molecule has 6 heteroatoms. The van der Waals surface area contributed by atoms with E-state index in [0.29, 0.717) is 18.0 Å². The monoisotopic (exact) mass is 428 g/mol. The molecule has 0 aliphatic heterocycles. The Kier molecular flexibility index (Phi) is 5.13. The van der Waals surface area contributed by atoms with Gasteiger partial charge in [-0.05, 0) is 23.5 Å². The molecule has 32 heavy (non-hydrogen) atoms. The van der Waals surface area contributed by atoms with Crippen LogP contribution in [0.15, 0.2) is 75.0 Å². The van der Waals surface area contributed by atoms with Crippen LogP contribution < -0.4 is 16.4 Å². The minimum Gasteiger partial charge on any atom is -0.503 e. The molecule has 1 fully saturated rings. The first-order chi connectivity index (χ1) is 15.6. The Morgan fingerprint density at radius 1 is 0.844 bits per heavy atom. The van der Waals surface area contributed by atoms with Crippen molar-refractivity contribution in [2.24, 2.45) is 5.92 Å². The van der Waals surface area contributed by atoms with Gasteiger partial charge in [-0.1, -0.05) is 86.3 Å². The van der Waals surface area contributed by atoms with Crippen LogP contribution in [0.3, 0.4) is 0 Å². The van der Waals surface area contributed by atoms with Gasteiger partial charge >= 0.3 is 0 Å². The van der Waals surface area contributed by atoms with Gasteiger partial charge in [0.25, 0.3) is 11.0 Å². The quantitative estimate of drug-likeness (QED) is 0.460. The van der Waals surface area contributed by atoms with Gasteiger partial charge in [0.1, 0.15) is 6.04 Å². The molecule has 3 aromatic carbocycles. The molecule has 162 valence electrons. The topological polar surface area (TPSA) is 92.2 Å². The fraction of sp³-hybridized carbons (Fsp3) is 0.269. The SMILES string of the molecule is O=c1c(O)c(-c2c(CC3CCCC3)[nH]n(C(c3ccccc3)c3ccccc3)c2=O)c1=O. The molecule has 1 saturated carbocycles. The van der Waals surface area contributed by atoms with Crippen LogP contribution in [0.25, 0.3) is 11.1 Å². The highest BCUT2D eigenvalue weighted by Crippen LogP contribution is 2.33. The maximum absolute atomic E-state index is 13.7. The summed E-state index contributed by atoms with van der Waals surface area (Å²) in [7, 11) is 0. The second kappa shape index (κ2) is 8.11. The van der Waals surface area contributed by atoms with Crippen molar-refractivity contribution in [2.45, 2.75) is 38.1 Å². The van der Waals surface area contributed by atoms with E-state index < -0.39 is 28.2 Å². The van der Waals surface area contributed by atoms with Crippen LogP contribution >= 0.6 is 0 Å². The normalized spacial score (nSPS) is 14.5. The average Bonchev–Trinajstić information content (AvgIpc) is 3.45. The second-order valence-electron chi connectivity index (χ2n) is 8.60. The molecule has 0 atom stereocenters. The molecule has 0 bridgehead atoms. The van der Waals surface area contributed by atoms with E-state index in [0.717, 1.165) is 36.8 Å². The van der Waals surface area contributed by atoms with E-state index in [2.05, 4.69) is 5.10 Å². The third kappa shape index (κ3) is 3.32. The van der Waals surface area contributed by atoms with Crippen molar-refractivity contribution in [3.63, 3.8) is 0 Å². The van der Waals surface area contributed by atoms with Gasteiger partial charge in [0.05, 0.1) is 11.1 Å². The summed E-state index contributed by atoms with van der Waals surface area (Å²) in [5, 5.41) is 13.4. The van der Waals surface area contributed by atoms with Crippen molar-refractivity contribution >= 4 is 0 Å². The molecule has 6 nitrogen and oxygen atoms in total. The predicted octanol–water partition coefficient (Wildman–Crippen LogP) is 3.52. The van der Waals surface area contributed by atoms with Crippen LogP contribution in [-0.4, -0.2) is 14.9 Å². The highest BCUT2D eigenvalue weighted by molar-refractivity contribution is 5.75. The molecule has 1 heterocycles. The van der Waals surface area contributed by atoms with Crippen LogP contribution in [0.2, 0.25) is 0 Å². The van der Waals surface area contributed by atoms with Crippen LogP contribution in [0.5, 0.6) is 5.75 Å². The van der Waals surface area contributed by atoms with Crippen molar-refractivity contribution in [3.8, 4) is 16.9 Å². The lowest BCUT2D eigenvalue weighted by molar-refractivity contribution is 0.465. The van der Waals surface area contributed by atoms with Crippen molar-refractivity contribution in [1.29, 1.82) is 0 Å². The molecule has 5 rings (SSSR count). The van der Waals surface area contributed by atoms with E-state index in [1.54, 1.807) is 0 Å². The zero-order chi connectivity index (χ0) is 22.2. The van der Waals surface area contributed by atoms with E-state index in [-0.39, 0.29) is 11.1 Å². The first kappa shape index (κ1) is 20.2. The molecular formula is C26H24N2O4. The predicted molar refractivity (Wildman–Crippen MR) is 123 cm³/mol. The molecule has 2 N–H and O–H groups in total. The number of aromatic nitrogens is 2. The number of rotatable bonds is 6. The van der Waals surface area contributed by atoms with Crippen LogP contribution in [0.1, 0.15) is 48.5 Å². The number of hydrogen-bond acceptors (Lipinski definition) is 4. The van der Waals surface area contributed by atoms with Gasteiger partial charge in [0.15, 0.2) is 5.75 Å². The highest BCUT2D eigenvalue weighted by Gasteiger charge is 2.32. The summed E-state index contributed by atoms with van der Waals surface area (Å²) in [6.07, 6.45) is 5.02. The standard InChI is InChI=1S/C26H24N2O4/c29-23-21(24(30)25(23)31)20-19(15-16-9-7-8-10-16)27-28(26(20)32)22(17-11-3-1-4-12-17)18-13-5-2-6-14-18/h1-6,11-14,16,22,27,29H,7-10,15H2. The average molecular weight is 428 g/mol. The molecule has 0 saturated heterocycles. The molecule has 0 amide bonds. The molecule has 0 unspecified atom stereocenters. The number of nitrogens with zero attached hydrogens (tertiary/aromatic N) is 1. The summed E-state index contributed by atoms with van der Waals surface area (Å²) in [5.41, 5.74) is 0.291. The van der Waals surface area contributed by atoms with Crippen LogP contribution in [0.4, 0.5) is 0 Å². The number of aromatic hydroxyl groups is 1. The van der Waals surface area contributed by atoms with Gasteiger partial charge < -0.3 is 5.11 Å². The molecular weight excluding hydrogens is 404 g/mol. The third-order valence-electron chi connectivity index (χ3n) is 6.58. The summed E-state index contributed by atoms with van der Waals surface area (Å²) in [4.78, 5) is 37.7. The molecule has 1 aliphatic rings. The first-order valence-corrected chi connectivity index (χ1v) is 11.0. The summed E-state index contributed by atoms with van der Waals surface area (Å²) in [5.74, 6) is -0.206. The molecule has 1 aromatic heterocycles. The van der Waals surface area contributed by atoms with Crippen molar-refractivity contribution in [3.05, 3.63) is 108 Å². The van der Waals surface area contributed by atoms with Gasteiger partial charge in [-0.2, -0.15) is 0 Å². The Bertz CT molecular complexity index is 1330. The van der Waals surface area contributed by atoms with Crippen molar-refractivity contribution < 1.29 is 5.11 Å². The summed E-state index contributed by atoms with van der Waals surface area (Å²) >= 11 is 0. The summed E-state index contributed by atoms with van der Waals surface area (Å²) in [6, 6.07) is 18.9. The fourth-order valence-electron chi connectivity index (χ4n) is 4.96. The minimum atomic E-state index is -0.929. The second-order valence-corrected chi connectivity index (χ2v) is 8.60. The fourth-order valence-corrected chi connectivity index (χ4v) is 4.96. The van der Waals surface area contributed by atoms with Gasteiger partial charge in [-0.25, -0.2) is 4.68 Å². The Morgan fingerprint density at radius 2 is 1.41 bits per heavy atom. The smallest absolute Gasteiger partial charge is 0.275 e. The highest BCUT2D eigenvalue weighted by atomic mass is 16.3. The largest absolute Gasteiger partial charge is 0.503 e. The van der Waals surface area contributed by atoms with Gasteiger partial charge in [0.2, 0.25) is 5.43 Å². The van der Waals surface area contributed by atoms with Gasteiger partial charge in [-0.15, -0.1) is 0 Å². The number of aromatic amines is 1. The molecule has 4 aromatic rings. The Hall–Kier alpha value is -3.67. The van der Waals surface area contributed by atoms with Crippen LogP contribution in [-0.2, 0) is 6.42 Å². The number of nitrogens with one attached hydrogen (secondary N) is 1. The van der Waals surface area contributed by atoms with E-state index in [4.69, 9.17) is 0 Å². The van der Waals surface area contributed by atoms with Crippen molar-refractivity contribution in [1.82, 2.24) is 9.78 Å². The summed E-state index contributed by atoms with van der Waals surface area (Å²) in [6.45, 7) is 0. The first-order valence-electron chi connectivity index (χ1n) is 11.0. The number of H-pyrrole nitrogens is 1. The lowest BCUT2D eigenvalue weighted by Crippen LogP contribution is -2.34. The van der Waals surface area contributed by atoms with E-state index in [1.807, 2.05) is 60.7 Å². The Labute approximate surface area is 184 Å². The zero-order valence-electron chi connectivity index (χ0n) is 17.6. The third-order valence-corrected chi connectivity index (χ3v) is 6.58. The zero-order valence-corrected chi connectivity index (χ0v) is 17.6. The molecule has 0 spiro atoms. The Morgan fingerprint density at radius 3 is 1.94 bits per heavy atom. The van der Waals surface area contributed by atoms with Crippen molar-refractivity contribution in [2.75, 3.05) is 0 Å². The Balaban J connectivity index is 1.72. The maximum atomic E-state index is 13.7. The minimum absolute atomic E-state index is 0.135. The molecule has 0 radical (unpaired) electrons. The van der Waals surface area contributed by atoms with Crippen LogP contribution in [0, 0.1) is 5.92 Å². The van der Waals surface area contributed by atoms with E-state index in [1.165, 1.54) is 4.68 Å². The van der Waals surface area contributed by atoms with Gasteiger partial charge in [-0.3, -0.25) is 19.5 Å². The lowest BCUT2D eigenvalue weighted by Gasteiger charge is -2.19. The van der Waals surface area contributed by atoms with E-state index >= 15 is 0 Å². The van der Waals surface area contributed by atoms with E-state index in [9.17, 15) is 19.5 Å². The van der Waals surface area contributed by atoms with Gasteiger partial charge in [0, 0.05) is 5.69 Å². The summed E-state index contributed by atoms with van der Waals surface area (Å²) < 4.78 is 1.53. The number of hydrogen-bond donors (Lipinski definition) is 2. The maximum Gasteiger partial charge on any atom is 0.275 e. The lowest BCUT2D eigenvalue weighted by atomic mass is 9.94. The number of benzene rings is 2.